The van der Waals surface area contributed by atoms with Crippen molar-refractivity contribution < 1.29 is 4.39 Å². The van der Waals surface area contributed by atoms with Gasteiger partial charge in [0.05, 0.1) is 6.20 Å². The highest BCUT2D eigenvalue weighted by Gasteiger charge is 2.11. The molecule has 0 spiro atoms. The van der Waals surface area contributed by atoms with Crippen LogP contribution in [0.3, 0.4) is 0 Å². The van der Waals surface area contributed by atoms with E-state index in [0.29, 0.717) is 12.0 Å². The first-order valence-electron chi connectivity index (χ1n) is 5.14. The van der Waals surface area contributed by atoms with E-state index in [9.17, 15) is 4.39 Å². The smallest absolute Gasteiger partial charge is 0.126 e. The van der Waals surface area contributed by atoms with Crippen LogP contribution < -0.4 is 5.73 Å². The lowest BCUT2D eigenvalue weighted by Crippen LogP contribution is -2.13. The number of hydrogen-bond donors (Lipinski definition) is 1. The number of benzene rings is 1. The summed E-state index contributed by atoms with van der Waals surface area (Å²) in [6.07, 6.45) is 4.05. The molecule has 1 aromatic carbocycles. The number of nitrogens with zero attached hydrogens (tertiary/aromatic N) is 2. The zero-order chi connectivity index (χ0) is 11.5. The molecule has 2 N–H and O–H groups in total. The van der Waals surface area contributed by atoms with Crippen LogP contribution in [0.25, 0.3) is 0 Å². The Morgan fingerprint density at radius 3 is 2.81 bits per heavy atom. The van der Waals surface area contributed by atoms with Gasteiger partial charge in [0, 0.05) is 24.8 Å². The number of aryl methyl sites for hydroxylation is 1. The molecule has 0 aliphatic carbocycles. The maximum atomic E-state index is 13.4. The van der Waals surface area contributed by atoms with Gasteiger partial charge in [-0.05, 0) is 18.1 Å². The van der Waals surface area contributed by atoms with Gasteiger partial charge in [-0.2, -0.15) is 5.10 Å². The van der Waals surface area contributed by atoms with Gasteiger partial charge in [0.15, 0.2) is 0 Å². The van der Waals surface area contributed by atoms with E-state index in [-0.39, 0.29) is 11.9 Å². The molecule has 84 valence electrons. The van der Waals surface area contributed by atoms with E-state index in [1.807, 2.05) is 19.3 Å². The molecule has 0 saturated heterocycles. The lowest BCUT2D eigenvalue weighted by Gasteiger charge is -2.09. The van der Waals surface area contributed by atoms with E-state index < -0.39 is 0 Å². The van der Waals surface area contributed by atoms with Crippen molar-refractivity contribution in [1.82, 2.24) is 9.78 Å². The van der Waals surface area contributed by atoms with Crippen LogP contribution in [0.5, 0.6) is 0 Å². The molecule has 2 rings (SSSR count). The molecule has 1 unspecified atom stereocenters. The first-order chi connectivity index (χ1) is 7.66. The van der Waals surface area contributed by atoms with Gasteiger partial charge in [0.2, 0.25) is 0 Å². The Morgan fingerprint density at radius 1 is 1.44 bits per heavy atom. The van der Waals surface area contributed by atoms with Crippen LogP contribution >= 0.6 is 0 Å². The van der Waals surface area contributed by atoms with E-state index in [4.69, 9.17) is 5.73 Å². The van der Waals surface area contributed by atoms with Gasteiger partial charge in [-0.25, -0.2) is 4.39 Å². The quantitative estimate of drug-likeness (QED) is 0.855. The summed E-state index contributed by atoms with van der Waals surface area (Å²) in [5.41, 5.74) is 7.55. The van der Waals surface area contributed by atoms with Crippen LogP contribution in [0.15, 0.2) is 36.7 Å². The van der Waals surface area contributed by atoms with Gasteiger partial charge >= 0.3 is 0 Å². The summed E-state index contributed by atoms with van der Waals surface area (Å²) in [6.45, 7) is 0. The predicted molar refractivity (Wildman–Crippen MR) is 60.2 cm³/mol. The molecular formula is C12H14FN3. The minimum Gasteiger partial charge on any atom is -0.324 e. The Balaban J connectivity index is 2.13. The van der Waals surface area contributed by atoms with Gasteiger partial charge < -0.3 is 5.73 Å². The first-order valence-corrected chi connectivity index (χ1v) is 5.14. The number of hydrogen-bond acceptors (Lipinski definition) is 2. The molecule has 0 aliphatic heterocycles. The zero-order valence-electron chi connectivity index (χ0n) is 9.10. The van der Waals surface area contributed by atoms with Gasteiger partial charge in [-0.3, -0.25) is 4.68 Å². The summed E-state index contributed by atoms with van der Waals surface area (Å²) >= 11 is 0. The fourth-order valence-corrected chi connectivity index (χ4v) is 1.65. The summed E-state index contributed by atoms with van der Waals surface area (Å²) < 4.78 is 15.1. The van der Waals surface area contributed by atoms with E-state index in [1.54, 1.807) is 23.0 Å². The van der Waals surface area contributed by atoms with Crippen LogP contribution in [-0.2, 0) is 13.5 Å². The van der Waals surface area contributed by atoms with Crippen LogP contribution in [-0.4, -0.2) is 9.78 Å². The highest BCUT2D eigenvalue weighted by molar-refractivity contribution is 5.21. The fourth-order valence-electron chi connectivity index (χ4n) is 1.65. The second-order valence-corrected chi connectivity index (χ2v) is 3.85. The van der Waals surface area contributed by atoms with Gasteiger partial charge in [0.1, 0.15) is 5.82 Å². The second-order valence-electron chi connectivity index (χ2n) is 3.85. The van der Waals surface area contributed by atoms with Crippen molar-refractivity contribution >= 4 is 0 Å². The van der Waals surface area contributed by atoms with E-state index in [2.05, 4.69) is 5.10 Å². The van der Waals surface area contributed by atoms with Gasteiger partial charge in [-0.15, -0.1) is 0 Å². The molecule has 1 aromatic heterocycles. The minimum atomic E-state index is -0.217. The number of nitrogens with two attached hydrogens (primary N) is 1. The van der Waals surface area contributed by atoms with Crippen molar-refractivity contribution in [2.75, 3.05) is 0 Å². The Hall–Kier alpha value is -1.68. The Labute approximate surface area is 93.7 Å². The molecule has 0 bridgehead atoms. The van der Waals surface area contributed by atoms with Crippen molar-refractivity contribution in [3.63, 3.8) is 0 Å². The summed E-state index contributed by atoms with van der Waals surface area (Å²) in [5, 5.41) is 4.04. The average Bonchev–Trinajstić information content (AvgIpc) is 2.68. The topological polar surface area (TPSA) is 43.8 Å². The SMILES string of the molecule is Cn1cc(C(N)Cc2ccccc2F)cn1. The molecule has 2 aromatic rings. The number of aromatic nitrogens is 2. The number of rotatable bonds is 3. The van der Waals surface area contributed by atoms with Crippen molar-refractivity contribution in [3.8, 4) is 0 Å². The van der Waals surface area contributed by atoms with Crippen molar-refractivity contribution in [1.29, 1.82) is 0 Å². The second kappa shape index (κ2) is 4.45. The fraction of sp³-hybridized carbons (Fsp3) is 0.250. The monoisotopic (exact) mass is 219 g/mol. The molecule has 0 amide bonds. The summed E-state index contributed by atoms with van der Waals surface area (Å²) in [7, 11) is 1.83. The first kappa shape index (κ1) is 10.8. The normalized spacial score (nSPS) is 12.7. The van der Waals surface area contributed by atoms with Gasteiger partial charge in [-0.1, -0.05) is 18.2 Å². The molecular weight excluding hydrogens is 205 g/mol. The van der Waals surface area contributed by atoms with Crippen molar-refractivity contribution in [3.05, 3.63) is 53.6 Å². The molecule has 0 fully saturated rings. The summed E-state index contributed by atoms with van der Waals surface area (Å²) in [5.74, 6) is -0.207. The lowest BCUT2D eigenvalue weighted by atomic mass is 10.0. The molecule has 16 heavy (non-hydrogen) atoms. The molecule has 1 atom stereocenters. The molecule has 4 heteroatoms. The molecule has 0 saturated carbocycles. The van der Waals surface area contributed by atoms with Crippen LogP contribution in [0, 0.1) is 5.82 Å². The van der Waals surface area contributed by atoms with Crippen LogP contribution in [0.1, 0.15) is 17.2 Å². The largest absolute Gasteiger partial charge is 0.324 e. The third kappa shape index (κ3) is 2.28. The standard InChI is InChI=1S/C12H14FN3/c1-16-8-10(7-15-16)12(14)6-9-4-2-3-5-11(9)13/h2-5,7-8,12H,6,14H2,1H3. The predicted octanol–water partition coefficient (Wildman–Crippen LogP) is 1.80. The minimum absolute atomic E-state index is 0.207. The summed E-state index contributed by atoms with van der Waals surface area (Å²) in [4.78, 5) is 0. The maximum absolute atomic E-state index is 13.4. The highest BCUT2D eigenvalue weighted by atomic mass is 19.1. The Kier molecular flexibility index (Phi) is 3.01. The third-order valence-electron chi connectivity index (χ3n) is 2.55. The molecule has 1 heterocycles. The summed E-state index contributed by atoms with van der Waals surface area (Å²) in [6, 6.07) is 6.48. The molecule has 3 nitrogen and oxygen atoms in total. The lowest BCUT2D eigenvalue weighted by molar-refractivity contribution is 0.593. The van der Waals surface area contributed by atoms with E-state index in [0.717, 1.165) is 5.56 Å². The third-order valence-corrected chi connectivity index (χ3v) is 2.55. The van der Waals surface area contributed by atoms with E-state index in [1.165, 1.54) is 6.07 Å². The number of halogens is 1. The average molecular weight is 219 g/mol. The molecule has 0 radical (unpaired) electrons. The van der Waals surface area contributed by atoms with Crippen LogP contribution in [0.2, 0.25) is 0 Å². The molecule has 0 aliphatic rings. The highest BCUT2D eigenvalue weighted by Crippen LogP contribution is 2.17. The Morgan fingerprint density at radius 2 is 2.19 bits per heavy atom. The maximum Gasteiger partial charge on any atom is 0.126 e. The van der Waals surface area contributed by atoms with E-state index >= 15 is 0 Å². The Bertz CT molecular complexity index is 479. The van der Waals surface area contributed by atoms with Crippen molar-refractivity contribution in [2.45, 2.75) is 12.5 Å². The van der Waals surface area contributed by atoms with Crippen molar-refractivity contribution in [2.24, 2.45) is 12.8 Å². The van der Waals surface area contributed by atoms with Crippen LogP contribution in [0.4, 0.5) is 4.39 Å². The zero-order valence-corrected chi connectivity index (χ0v) is 9.10. The van der Waals surface area contributed by atoms with Gasteiger partial charge in [0.25, 0.3) is 0 Å².